The molecule has 0 radical (unpaired) electrons. The molecule has 0 aliphatic rings. The molecule has 0 fully saturated rings. The largest absolute Gasteiger partial charge is 0.438 e. The molecule has 0 spiro atoms. The molecule has 4 nitrogen and oxygen atoms in total. The summed E-state index contributed by atoms with van der Waals surface area (Å²) in [6, 6.07) is 38.7. The summed E-state index contributed by atoms with van der Waals surface area (Å²) < 4.78 is 6.19. The van der Waals surface area contributed by atoms with Gasteiger partial charge in [0.2, 0.25) is 5.71 Å². The third-order valence-electron chi connectivity index (χ3n) is 6.31. The Morgan fingerprint density at radius 3 is 1.77 bits per heavy atom. The van der Waals surface area contributed by atoms with Gasteiger partial charge in [0.15, 0.2) is 5.82 Å². The lowest BCUT2D eigenvalue weighted by molar-refractivity contribution is 0.656. The van der Waals surface area contributed by atoms with Gasteiger partial charge in [-0.15, -0.1) is 0 Å². The van der Waals surface area contributed by atoms with Crippen molar-refractivity contribution in [3.63, 3.8) is 0 Å². The lowest BCUT2D eigenvalue weighted by Gasteiger charge is -2.12. The monoisotopic (exact) mass is 449 g/mol. The van der Waals surface area contributed by atoms with Crippen molar-refractivity contribution in [2.24, 2.45) is 0 Å². The zero-order valence-electron chi connectivity index (χ0n) is 18.7. The van der Waals surface area contributed by atoms with Crippen molar-refractivity contribution in [1.29, 1.82) is 0 Å². The molecule has 0 amide bonds. The van der Waals surface area contributed by atoms with Crippen LogP contribution in [0.2, 0.25) is 0 Å². The molecule has 164 valence electrons. The predicted octanol–water partition coefficient (Wildman–Crippen LogP) is 7.93. The highest BCUT2D eigenvalue weighted by atomic mass is 16.3. The molecular formula is C31H19N3O. The summed E-state index contributed by atoms with van der Waals surface area (Å²) in [6.07, 6.45) is 0. The van der Waals surface area contributed by atoms with Crippen molar-refractivity contribution >= 4 is 33.0 Å². The van der Waals surface area contributed by atoms with E-state index in [1.54, 1.807) is 0 Å². The molecule has 0 unspecified atom stereocenters. The fourth-order valence-corrected chi connectivity index (χ4v) is 4.68. The number of para-hydroxylation sites is 2. The van der Waals surface area contributed by atoms with Crippen molar-refractivity contribution in [2.75, 3.05) is 0 Å². The van der Waals surface area contributed by atoms with E-state index in [0.717, 1.165) is 55.3 Å². The first-order valence-corrected chi connectivity index (χ1v) is 11.6. The highest BCUT2D eigenvalue weighted by Gasteiger charge is 2.21. The average Bonchev–Trinajstić information content (AvgIpc) is 3.30. The van der Waals surface area contributed by atoms with Gasteiger partial charge in [0.1, 0.15) is 5.58 Å². The number of hydrogen-bond donors (Lipinski definition) is 0. The molecule has 0 atom stereocenters. The van der Waals surface area contributed by atoms with Crippen molar-refractivity contribution in [1.82, 2.24) is 15.0 Å². The lowest BCUT2D eigenvalue weighted by Crippen LogP contribution is -1.97. The van der Waals surface area contributed by atoms with E-state index in [4.69, 9.17) is 19.4 Å². The van der Waals surface area contributed by atoms with E-state index in [-0.39, 0.29) is 0 Å². The summed E-state index contributed by atoms with van der Waals surface area (Å²) in [5.74, 6) is 0.653. The maximum atomic E-state index is 6.19. The first kappa shape index (κ1) is 19.6. The molecule has 0 N–H and O–H groups in total. The summed E-state index contributed by atoms with van der Waals surface area (Å²) in [5.41, 5.74) is 7.01. The van der Waals surface area contributed by atoms with Crippen LogP contribution in [0.25, 0.3) is 66.9 Å². The summed E-state index contributed by atoms with van der Waals surface area (Å²) in [4.78, 5) is 15.1. The van der Waals surface area contributed by atoms with Crippen LogP contribution in [0.5, 0.6) is 0 Å². The first-order chi connectivity index (χ1) is 17.3. The van der Waals surface area contributed by atoms with Crippen molar-refractivity contribution in [3.8, 4) is 33.9 Å². The van der Waals surface area contributed by atoms with Crippen LogP contribution in [-0.2, 0) is 0 Å². The summed E-state index contributed by atoms with van der Waals surface area (Å²) in [5, 5.41) is 2.94. The van der Waals surface area contributed by atoms with Crippen LogP contribution in [0.3, 0.4) is 0 Å². The Balaban J connectivity index is 1.63. The molecule has 0 saturated carbocycles. The maximum Gasteiger partial charge on any atom is 0.228 e. The maximum absolute atomic E-state index is 6.19. The van der Waals surface area contributed by atoms with Crippen molar-refractivity contribution in [3.05, 3.63) is 115 Å². The quantitative estimate of drug-likeness (QED) is 0.275. The lowest BCUT2D eigenvalue weighted by atomic mass is 10.0. The highest BCUT2D eigenvalue weighted by Crippen LogP contribution is 2.40. The predicted molar refractivity (Wildman–Crippen MR) is 141 cm³/mol. The molecular weight excluding hydrogens is 430 g/mol. The van der Waals surface area contributed by atoms with Gasteiger partial charge in [0, 0.05) is 27.5 Å². The van der Waals surface area contributed by atoms with E-state index >= 15 is 0 Å². The zero-order chi connectivity index (χ0) is 23.2. The number of benzene rings is 4. The Morgan fingerprint density at radius 2 is 1.09 bits per heavy atom. The normalized spacial score (nSPS) is 11.4. The van der Waals surface area contributed by atoms with Crippen LogP contribution >= 0.6 is 0 Å². The first-order valence-electron chi connectivity index (χ1n) is 11.6. The second-order valence-electron chi connectivity index (χ2n) is 8.48. The van der Waals surface area contributed by atoms with E-state index in [2.05, 4.69) is 42.5 Å². The number of furan rings is 1. The van der Waals surface area contributed by atoms with Gasteiger partial charge in [-0.3, -0.25) is 0 Å². The number of aromatic nitrogens is 3. The zero-order valence-corrected chi connectivity index (χ0v) is 18.7. The molecule has 0 aliphatic carbocycles. The molecule has 35 heavy (non-hydrogen) atoms. The van der Waals surface area contributed by atoms with Crippen LogP contribution in [0, 0.1) is 0 Å². The third-order valence-corrected chi connectivity index (χ3v) is 6.31. The minimum absolute atomic E-state index is 0.592. The van der Waals surface area contributed by atoms with Crippen LogP contribution < -0.4 is 0 Å². The second kappa shape index (κ2) is 7.89. The minimum atomic E-state index is 0.592. The number of pyridine rings is 1. The van der Waals surface area contributed by atoms with Crippen molar-refractivity contribution < 1.29 is 4.42 Å². The molecule has 0 aliphatic heterocycles. The molecule has 3 heterocycles. The summed E-state index contributed by atoms with van der Waals surface area (Å²) in [7, 11) is 0. The number of fused-ring (bicyclic) bond motifs is 4. The SMILES string of the molecule is c1ccc(-c2cc(-c3ccccc3)nc(-c3c4ccccc4nc4oc5ccccc5c34)n2)cc1. The van der Waals surface area contributed by atoms with E-state index in [1.807, 2.05) is 72.8 Å². The molecule has 4 aromatic carbocycles. The van der Waals surface area contributed by atoms with E-state index in [0.29, 0.717) is 11.5 Å². The number of rotatable bonds is 3. The number of nitrogens with zero attached hydrogens (tertiary/aromatic N) is 3. The Labute approximate surface area is 201 Å². The topological polar surface area (TPSA) is 51.8 Å². The second-order valence-corrected chi connectivity index (χ2v) is 8.48. The molecule has 3 aromatic heterocycles. The van der Waals surface area contributed by atoms with Gasteiger partial charge < -0.3 is 4.42 Å². The Morgan fingerprint density at radius 1 is 0.514 bits per heavy atom. The standard InChI is InChI=1S/C31H19N3O/c1-3-11-20(12-4-1)25-19-26(21-13-5-2-6-14-21)33-30(32-25)28-22-15-7-9-17-24(22)34-31-29(28)23-16-8-10-18-27(23)35-31/h1-19H. The smallest absolute Gasteiger partial charge is 0.228 e. The summed E-state index contributed by atoms with van der Waals surface area (Å²) in [6.45, 7) is 0. The Kier molecular flexibility index (Phi) is 4.42. The third kappa shape index (κ3) is 3.27. The Bertz CT molecular complexity index is 1780. The molecule has 7 aromatic rings. The molecule has 7 rings (SSSR count). The van der Waals surface area contributed by atoms with Crippen LogP contribution in [0.15, 0.2) is 120 Å². The highest BCUT2D eigenvalue weighted by molar-refractivity contribution is 6.17. The fourth-order valence-electron chi connectivity index (χ4n) is 4.68. The van der Waals surface area contributed by atoms with Gasteiger partial charge in [-0.1, -0.05) is 97.1 Å². The van der Waals surface area contributed by atoms with E-state index in [9.17, 15) is 0 Å². The van der Waals surface area contributed by atoms with Crippen LogP contribution in [-0.4, -0.2) is 15.0 Å². The fraction of sp³-hybridized carbons (Fsp3) is 0. The van der Waals surface area contributed by atoms with Crippen molar-refractivity contribution in [2.45, 2.75) is 0 Å². The van der Waals surface area contributed by atoms with E-state index in [1.165, 1.54) is 0 Å². The van der Waals surface area contributed by atoms with Crippen LogP contribution in [0.4, 0.5) is 0 Å². The molecule has 4 heteroatoms. The average molecular weight is 450 g/mol. The van der Waals surface area contributed by atoms with Gasteiger partial charge in [-0.05, 0) is 18.2 Å². The van der Waals surface area contributed by atoms with Crippen LogP contribution in [0.1, 0.15) is 0 Å². The van der Waals surface area contributed by atoms with E-state index < -0.39 is 0 Å². The van der Waals surface area contributed by atoms with Gasteiger partial charge >= 0.3 is 0 Å². The molecule has 0 bridgehead atoms. The van der Waals surface area contributed by atoms with Gasteiger partial charge in [0.05, 0.1) is 22.3 Å². The molecule has 0 saturated heterocycles. The Hall–Kier alpha value is -4.83. The van der Waals surface area contributed by atoms with Gasteiger partial charge in [0.25, 0.3) is 0 Å². The van der Waals surface area contributed by atoms with Gasteiger partial charge in [-0.2, -0.15) is 0 Å². The summed E-state index contributed by atoms with van der Waals surface area (Å²) >= 11 is 0. The number of hydrogen-bond acceptors (Lipinski definition) is 4. The van der Waals surface area contributed by atoms with Gasteiger partial charge in [-0.25, -0.2) is 15.0 Å². The minimum Gasteiger partial charge on any atom is -0.438 e.